The van der Waals surface area contributed by atoms with E-state index < -0.39 is 0 Å². The maximum absolute atomic E-state index is 12.0. The van der Waals surface area contributed by atoms with E-state index in [0.29, 0.717) is 11.3 Å². The van der Waals surface area contributed by atoms with E-state index in [1.807, 2.05) is 25.1 Å². The molecule has 6 nitrogen and oxygen atoms in total. The van der Waals surface area contributed by atoms with Crippen molar-refractivity contribution in [2.45, 2.75) is 6.92 Å². The smallest absolute Gasteiger partial charge is 0.257 e. The van der Waals surface area contributed by atoms with E-state index in [2.05, 4.69) is 20.3 Å². The van der Waals surface area contributed by atoms with Crippen LogP contribution in [0.5, 0.6) is 0 Å². The number of hydrogen-bond acceptors (Lipinski definition) is 3. The van der Waals surface area contributed by atoms with Gasteiger partial charge in [0.2, 0.25) is 5.96 Å². The standard InChI is InChI=1S/C16H15N5O/c1-10-18-13-8-7-12(9-14(13)19-10)20-16(17)21-15(22)11-5-3-2-4-6-11/h2-9H,1H3,(H,18,19)(H3,17,20,21,22). The van der Waals surface area contributed by atoms with Gasteiger partial charge in [-0.25, -0.2) is 9.98 Å². The van der Waals surface area contributed by atoms with Crippen molar-refractivity contribution in [3.63, 3.8) is 0 Å². The first kappa shape index (κ1) is 13.8. The number of hydrogen-bond donors (Lipinski definition) is 3. The Morgan fingerprint density at radius 1 is 1.23 bits per heavy atom. The predicted octanol–water partition coefficient (Wildman–Crippen LogP) is 2.25. The maximum atomic E-state index is 12.0. The van der Waals surface area contributed by atoms with Crippen LogP contribution in [0.2, 0.25) is 0 Å². The van der Waals surface area contributed by atoms with Gasteiger partial charge in [-0.2, -0.15) is 0 Å². The van der Waals surface area contributed by atoms with Crippen LogP contribution in [0.1, 0.15) is 16.2 Å². The first-order chi connectivity index (χ1) is 10.6. The normalized spacial score (nSPS) is 11.6. The monoisotopic (exact) mass is 293 g/mol. The Morgan fingerprint density at radius 2 is 2.00 bits per heavy atom. The van der Waals surface area contributed by atoms with Crippen molar-refractivity contribution in [2.75, 3.05) is 0 Å². The van der Waals surface area contributed by atoms with Crippen LogP contribution in [0.25, 0.3) is 11.0 Å². The zero-order valence-corrected chi connectivity index (χ0v) is 12.0. The van der Waals surface area contributed by atoms with Crippen LogP contribution in [0.15, 0.2) is 53.5 Å². The number of aromatic amines is 1. The van der Waals surface area contributed by atoms with Gasteiger partial charge >= 0.3 is 0 Å². The van der Waals surface area contributed by atoms with Crippen molar-refractivity contribution >= 4 is 28.6 Å². The van der Waals surface area contributed by atoms with Crippen molar-refractivity contribution in [1.29, 1.82) is 0 Å². The van der Waals surface area contributed by atoms with Gasteiger partial charge in [-0.1, -0.05) is 18.2 Å². The average molecular weight is 293 g/mol. The summed E-state index contributed by atoms with van der Waals surface area (Å²) in [5.74, 6) is 0.589. The SMILES string of the molecule is Cc1nc2ccc(N=C(N)NC(=O)c3ccccc3)cc2[nH]1. The van der Waals surface area contributed by atoms with Gasteiger partial charge in [-0.3, -0.25) is 10.1 Å². The van der Waals surface area contributed by atoms with Crippen molar-refractivity contribution in [2.24, 2.45) is 10.7 Å². The van der Waals surface area contributed by atoms with Gasteiger partial charge in [0.15, 0.2) is 0 Å². The molecule has 6 heteroatoms. The Balaban J connectivity index is 1.79. The molecule has 4 N–H and O–H groups in total. The fourth-order valence-electron chi connectivity index (χ4n) is 2.14. The number of nitrogens with zero attached hydrogens (tertiary/aromatic N) is 2. The second-order valence-corrected chi connectivity index (χ2v) is 4.84. The molecule has 0 spiro atoms. The third-order valence-electron chi connectivity index (χ3n) is 3.11. The minimum atomic E-state index is -0.291. The Bertz CT molecular complexity index is 851. The molecule has 1 amide bonds. The number of rotatable bonds is 2. The number of aromatic nitrogens is 2. The molecule has 0 saturated carbocycles. The lowest BCUT2D eigenvalue weighted by Gasteiger charge is -2.04. The van der Waals surface area contributed by atoms with Gasteiger partial charge < -0.3 is 10.7 Å². The minimum Gasteiger partial charge on any atom is -0.369 e. The highest BCUT2D eigenvalue weighted by Crippen LogP contribution is 2.19. The summed E-state index contributed by atoms with van der Waals surface area (Å²) >= 11 is 0. The number of guanidine groups is 1. The lowest BCUT2D eigenvalue weighted by Crippen LogP contribution is -2.36. The fraction of sp³-hybridized carbons (Fsp3) is 0.0625. The predicted molar refractivity (Wildman–Crippen MR) is 86.0 cm³/mol. The zero-order chi connectivity index (χ0) is 15.5. The summed E-state index contributed by atoms with van der Waals surface area (Å²) in [6.07, 6.45) is 0. The summed E-state index contributed by atoms with van der Waals surface area (Å²) < 4.78 is 0. The van der Waals surface area contributed by atoms with Crippen LogP contribution in [0.4, 0.5) is 5.69 Å². The van der Waals surface area contributed by atoms with Crippen LogP contribution < -0.4 is 11.1 Å². The number of aliphatic imine (C=N–C) groups is 1. The van der Waals surface area contributed by atoms with Crippen LogP contribution in [0, 0.1) is 6.92 Å². The Kier molecular flexibility index (Phi) is 3.57. The third kappa shape index (κ3) is 2.95. The number of nitrogens with two attached hydrogens (primary N) is 1. The van der Waals surface area contributed by atoms with E-state index in [9.17, 15) is 4.79 Å². The van der Waals surface area contributed by atoms with Gasteiger partial charge in [-0.15, -0.1) is 0 Å². The second-order valence-electron chi connectivity index (χ2n) is 4.84. The van der Waals surface area contributed by atoms with E-state index in [1.54, 1.807) is 30.3 Å². The lowest BCUT2D eigenvalue weighted by atomic mass is 10.2. The molecule has 0 unspecified atom stereocenters. The van der Waals surface area contributed by atoms with Crippen molar-refractivity contribution in [3.8, 4) is 0 Å². The number of carbonyl (C=O) groups is 1. The third-order valence-corrected chi connectivity index (χ3v) is 3.11. The number of aryl methyl sites for hydroxylation is 1. The average Bonchev–Trinajstić information content (AvgIpc) is 2.87. The molecular formula is C16H15N5O. The molecule has 1 heterocycles. The Morgan fingerprint density at radius 3 is 2.77 bits per heavy atom. The fourth-order valence-corrected chi connectivity index (χ4v) is 2.14. The molecule has 0 radical (unpaired) electrons. The van der Waals surface area contributed by atoms with E-state index in [1.165, 1.54) is 0 Å². The summed E-state index contributed by atoms with van der Waals surface area (Å²) in [6, 6.07) is 14.3. The summed E-state index contributed by atoms with van der Waals surface area (Å²) in [7, 11) is 0. The van der Waals surface area contributed by atoms with Gasteiger partial charge in [0.05, 0.1) is 16.7 Å². The molecule has 22 heavy (non-hydrogen) atoms. The van der Waals surface area contributed by atoms with Crippen molar-refractivity contribution < 1.29 is 4.79 Å². The maximum Gasteiger partial charge on any atom is 0.257 e. The molecule has 0 fully saturated rings. The van der Waals surface area contributed by atoms with Crippen LogP contribution in [-0.4, -0.2) is 21.8 Å². The molecule has 3 rings (SSSR count). The largest absolute Gasteiger partial charge is 0.369 e. The summed E-state index contributed by atoms with van der Waals surface area (Å²) in [4.78, 5) is 23.6. The van der Waals surface area contributed by atoms with Gasteiger partial charge in [0.1, 0.15) is 5.82 Å². The zero-order valence-electron chi connectivity index (χ0n) is 12.0. The van der Waals surface area contributed by atoms with Gasteiger partial charge in [0.25, 0.3) is 5.91 Å². The van der Waals surface area contributed by atoms with E-state index >= 15 is 0 Å². The molecule has 0 saturated heterocycles. The first-order valence-corrected chi connectivity index (χ1v) is 6.79. The van der Waals surface area contributed by atoms with E-state index in [0.717, 1.165) is 16.9 Å². The topological polar surface area (TPSA) is 96.2 Å². The molecule has 1 aromatic heterocycles. The number of imidazole rings is 1. The molecular weight excluding hydrogens is 278 g/mol. The number of H-pyrrole nitrogens is 1. The van der Waals surface area contributed by atoms with E-state index in [-0.39, 0.29) is 11.9 Å². The number of nitrogens with one attached hydrogen (secondary N) is 2. The second kappa shape index (κ2) is 5.69. The lowest BCUT2D eigenvalue weighted by molar-refractivity contribution is 0.0976. The minimum absolute atomic E-state index is 0.0458. The van der Waals surface area contributed by atoms with Crippen LogP contribution in [0.3, 0.4) is 0 Å². The molecule has 0 atom stereocenters. The number of benzene rings is 2. The van der Waals surface area contributed by atoms with Crippen LogP contribution >= 0.6 is 0 Å². The van der Waals surface area contributed by atoms with Crippen molar-refractivity contribution in [1.82, 2.24) is 15.3 Å². The molecule has 110 valence electrons. The van der Waals surface area contributed by atoms with Gasteiger partial charge in [-0.05, 0) is 37.3 Å². The highest BCUT2D eigenvalue weighted by Gasteiger charge is 2.06. The molecule has 3 aromatic rings. The molecule has 0 aliphatic carbocycles. The van der Waals surface area contributed by atoms with Gasteiger partial charge in [0, 0.05) is 5.56 Å². The highest BCUT2D eigenvalue weighted by molar-refractivity contribution is 6.05. The molecule has 2 aromatic carbocycles. The molecule has 0 aliphatic rings. The Hall–Kier alpha value is -3.15. The number of fused-ring (bicyclic) bond motifs is 1. The molecule has 0 bridgehead atoms. The highest BCUT2D eigenvalue weighted by atomic mass is 16.1. The summed E-state index contributed by atoms with van der Waals surface area (Å²) in [5.41, 5.74) is 8.69. The quantitative estimate of drug-likeness (QED) is 0.499. The molecule has 0 aliphatic heterocycles. The van der Waals surface area contributed by atoms with Crippen LogP contribution in [-0.2, 0) is 0 Å². The summed E-state index contributed by atoms with van der Waals surface area (Å²) in [5, 5.41) is 2.56. The van der Waals surface area contributed by atoms with Crippen molar-refractivity contribution in [3.05, 3.63) is 59.9 Å². The first-order valence-electron chi connectivity index (χ1n) is 6.79. The van der Waals surface area contributed by atoms with E-state index in [4.69, 9.17) is 5.73 Å². The summed E-state index contributed by atoms with van der Waals surface area (Å²) in [6.45, 7) is 1.89. The number of carbonyl (C=O) groups excluding carboxylic acids is 1. The Labute approximate surface area is 127 Å². The number of amides is 1.